The van der Waals surface area contributed by atoms with Gasteiger partial charge < -0.3 is 15.5 Å². The van der Waals surface area contributed by atoms with Crippen LogP contribution in [0, 0.1) is 13.8 Å². The fourth-order valence-corrected chi connectivity index (χ4v) is 4.80. The van der Waals surface area contributed by atoms with Gasteiger partial charge in [-0.2, -0.15) is 0 Å². The van der Waals surface area contributed by atoms with E-state index in [0.29, 0.717) is 6.04 Å². The highest BCUT2D eigenvalue weighted by Crippen LogP contribution is 2.23. The van der Waals surface area contributed by atoms with Crippen LogP contribution in [0.3, 0.4) is 0 Å². The average Bonchev–Trinajstić information content (AvgIpc) is 2.52. The third-order valence-electron chi connectivity index (χ3n) is 5.89. The fourth-order valence-electron chi connectivity index (χ4n) is 4.80. The number of anilines is 1. The molecule has 0 spiro atoms. The lowest BCUT2D eigenvalue weighted by Gasteiger charge is -2.46. The number of aryl methyl sites for hydroxylation is 2. The van der Waals surface area contributed by atoms with Crippen molar-refractivity contribution in [1.29, 1.82) is 0 Å². The van der Waals surface area contributed by atoms with Gasteiger partial charge in [-0.1, -0.05) is 25.1 Å². The Balaban J connectivity index is 1.60. The summed E-state index contributed by atoms with van der Waals surface area (Å²) in [7, 11) is 0. The first kappa shape index (κ1) is 17.3. The molecule has 24 heavy (non-hydrogen) atoms. The van der Waals surface area contributed by atoms with Gasteiger partial charge in [0.2, 0.25) is 0 Å². The second-order valence-electron chi connectivity index (χ2n) is 7.68. The number of carbonyl (C=O) groups is 1. The third kappa shape index (κ3) is 3.75. The number of amides is 2. The van der Waals surface area contributed by atoms with Gasteiger partial charge in [0.05, 0.1) is 18.6 Å². The number of fused-ring (bicyclic) bond motifs is 2. The monoisotopic (exact) mass is 330 g/mol. The summed E-state index contributed by atoms with van der Waals surface area (Å²) in [4.78, 5) is 14.3. The van der Waals surface area contributed by atoms with Crippen LogP contribution in [0.4, 0.5) is 10.5 Å². The highest BCUT2D eigenvalue weighted by atomic mass is 16.2. The van der Waals surface area contributed by atoms with Crippen LogP contribution in [-0.2, 0) is 0 Å². The second kappa shape index (κ2) is 7.56. The van der Waals surface area contributed by atoms with E-state index in [4.69, 9.17) is 0 Å². The van der Waals surface area contributed by atoms with Crippen molar-refractivity contribution < 1.29 is 9.69 Å². The zero-order valence-corrected chi connectivity index (χ0v) is 15.3. The first-order valence-corrected chi connectivity index (χ1v) is 9.57. The molecule has 2 aliphatic rings. The van der Waals surface area contributed by atoms with Gasteiger partial charge in [-0.3, -0.25) is 0 Å². The highest BCUT2D eigenvalue weighted by molar-refractivity contribution is 5.91. The predicted molar refractivity (Wildman–Crippen MR) is 98.6 cm³/mol. The van der Waals surface area contributed by atoms with Crippen molar-refractivity contribution in [3.05, 3.63) is 29.3 Å². The van der Waals surface area contributed by atoms with Crippen molar-refractivity contribution in [1.82, 2.24) is 5.32 Å². The largest absolute Gasteiger partial charge is 0.335 e. The molecule has 3 rings (SSSR count). The molecule has 2 saturated heterocycles. The van der Waals surface area contributed by atoms with E-state index in [2.05, 4.69) is 17.6 Å². The molecule has 1 aromatic carbocycles. The summed E-state index contributed by atoms with van der Waals surface area (Å²) in [6.07, 6.45) is 7.53. The minimum atomic E-state index is -0.0468. The van der Waals surface area contributed by atoms with Gasteiger partial charge in [0.15, 0.2) is 0 Å². The quantitative estimate of drug-likeness (QED) is 0.781. The van der Waals surface area contributed by atoms with Crippen LogP contribution in [0.15, 0.2) is 18.2 Å². The van der Waals surface area contributed by atoms with E-state index in [0.717, 1.165) is 41.7 Å². The third-order valence-corrected chi connectivity index (χ3v) is 5.89. The van der Waals surface area contributed by atoms with Crippen LogP contribution in [0.1, 0.15) is 56.6 Å². The van der Waals surface area contributed by atoms with Gasteiger partial charge >= 0.3 is 6.03 Å². The lowest BCUT2D eigenvalue weighted by atomic mass is 9.81. The number of para-hydroxylation sites is 1. The molecular formula is C20H32N3O+. The standard InChI is InChI=1S/C20H31N3O/c1-4-11-23-17-9-6-10-18(23)13-16(12-17)21-20(24)22-19-14(2)7-5-8-15(19)3/h5,7-8,16-18H,4,6,9-13H2,1-3H3,(H2,21,22,24)/p+1/t16?,17-,18+. The summed E-state index contributed by atoms with van der Waals surface area (Å²) < 4.78 is 0. The van der Waals surface area contributed by atoms with Crippen molar-refractivity contribution in [3.63, 3.8) is 0 Å². The predicted octanol–water partition coefficient (Wildman–Crippen LogP) is 2.80. The van der Waals surface area contributed by atoms with E-state index >= 15 is 0 Å². The van der Waals surface area contributed by atoms with Crippen LogP contribution in [0.25, 0.3) is 0 Å². The number of nitrogens with one attached hydrogen (secondary N) is 3. The minimum absolute atomic E-state index is 0.0468. The summed E-state index contributed by atoms with van der Waals surface area (Å²) in [6, 6.07) is 7.87. The number of quaternary nitrogens is 1. The molecule has 0 radical (unpaired) electrons. The second-order valence-corrected chi connectivity index (χ2v) is 7.68. The number of benzene rings is 1. The molecule has 0 saturated carbocycles. The van der Waals surface area contributed by atoms with Gasteiger partial charge in [0.1, 0.15) is 0 Å². The normalized spacial score (nSPS) is 29.1. The van der Waals surface area contributed by atoms with Gasteiger partial charge in [-0.05, 0) is 50.7 Å². The molecule has 2 unspecified atom stereocenters. The Morgan fingerprint density at radius 3 is 2.38 bits per heavy atom. The highest BCUT2D eigenvalue weighted by Gasteiger charge is 2.41. The molecular weight excluding hydrogens is 298 g/mol. The van der Waals surface area contributed by atoms with E-state index in [1.54, 1.807) is 4.90 Å². The molecule has 2 heterocycles. The maximum absolute atomic E-state index is 12.5. The molecule has 2 amide bonds. The summed E-state index contributed by atoms with van der Waals surface area (Å²) in [5, 5.41) is 6.32. The van der Waals surface area contributed by atoms with Crippen molar-refractivity contribution in [2.75, 3.05) is 11.9 Å². The molecule has 3 N–H and O–H groups in total. The molecule has 4 heteroatoms. The molecule has 2 bridgehead atoms. The minimum Gasteiger partial charge on any atom is -0.335 e. The zero-order valence-electron chi connectivity index (χ0n) is 15.3. The maximum Gasteiger partial charge on any atom is 0.319 e. The van der Waals surface area contributed by atoms with Crippen molar-refractivity contribution in [2.24, 2.45) is 0 Å². The Morgan fingerprint density at radius 2 is 1.79 bits per heavy atom. The molecule has 2 fully saturated rings. The van der Waals surface area contributed by atoms with Crippen LogP contribution in [-0.4, -0.2) is 30.7 Å². The van der Waals surface area contributed by atoms with Crippen molar-refractivity contribution in [2.45, 2.75) is 77.4 Å². The first-order chi connectivity index (χ1) is 11.6. The fraction of sp³-hybridized carbons (Fsp3) is 0.650. The summed E-state index contributed by atoms with van der Waals surface area (Å²) >= 11 is 0. The summed E-state index contributed by atoms with van der Waals surface area (Å²) in [5.41, 5.74) is 3.18. The van der Waals surface area contributed by atoms with E-state index in [-0.39, 0.29) is 6.03 Å². The lowest BCUT2D eigenvalue weighted by molar-refractivity contribution is -0.961. The molecule has 132 valence electrons. The number of rotatable bonds is 4. The van der Waals surface area contributed by atoms with Crippen LogP contribution < -0.4 is 15.5 Å². The molecule has 1 aromatic rings. The molecule has 2 aliphatic heterocycles. The van der Waals surface area contributed by atoms with Crippen molar-refractivity contribution in [3.8, 4) is 0 Å². The molecule has 4 nitrogen and oxygen atoms in total. The van der Waals surface area contributed by atoms with E-state index < -0.39 is 0 Å². The molecule has 4 atom stereocenters. The van der Waals surface area contributed by atoms with Crippen LogP contribution in [0.5, 0.6) is 0 Å². The average molecular weight is 330 g/mol. The Hall–Kier alpha value is -1.55. The SMILES string of the molecule is CCC[NH+]1[C@@H]2CCC[C@H]1CC(NC(=O)Nc1c(C)cccc1C)C2. The van der Waals surface area contributed by atoms with Gasteiger partial charge in [-0.25, -0.2) is 4.79 Å². The van der Waals surface area contributed by atoms with Crippen LogP contribution >= 0.6 is 0 Å². The van der Waals surface area contributed by atoms with Crippen LogP contribution in [0.2, 0.25) is 0 Å². The Morgan fingerprint density at radius 1 is 1.17 bits per heavy atom. The Kier molecular flexibility index (Phi) is 5.44. The Labute approximate surface area is 146 Å². The topological polar surface area (TPSA) is 45.6 Å². The van der Waals surface area contributed by atoms with E-state index in [1.807, 2.05) is 32.0 Å². The number of hydrogen-bond donors (Lipinski definition) is 3. The summed E-state index contributed by atoms with van der Waals surface area (Å²) in [5.74, 6) is 0. The zero-order chi connectivity index (χ0) is 17.1. The van der Waals surface area contributed by atoms with Crippen molar-refractivity contribution >= 4 is 11.7 Å². The maximum atomic E-state index is 12.5. The van der Waals surface area contributed by atoms with Gasteiger partial charge in [0, 0.05) is 24.6 Å². The number of piperidine rings is 2. The molecule has 0 aromatic heterocycles. The number of carbonyl (C=O) groups excluding carboxylic acids is 1. The smallest absolute Gasteiger partial charge is 0.319 e. The first-order valence-electron chi connectivity index (χ1n) is 9.57. The Bertz CT molecular complexity index is 552. The number of urea groups is 1. The summed E-state index contributed by atoms with van der Waals surface area (Å²) in [6.45, 7) is 7.65. The van der Waals surface area contributed by atoms with Gasteiger partial charge in [0.25, 0.3) is 0 Å². The van der Waals surface area contributed by atoms with E-state index in [9.17, 15) is 4.79 Å². The molecule has 0 aliphatic carbocycles. The van der Waals surface area contributed by atoms with Gasteiger partial charge in [-0.15, -0.1) is 0 Å². The lowest BCUT2D eigenvalue weighted by Crippen LogP contribution is -3.21. The number of hydrogen-bond acceptors (Lipinski definition) is 1. The van der Waals surface area contributed by atoms with E-state index in [1.165, 1.54) is 32.2 Å².